The molecule has 0 atom stereocenters. The third kappa shape index (κ3) is 6.19. The summed E-state index contributed by atoms with van der Waals surface area (Å²) in [6.07, 6.45) is 4.10. The number of rotatable bonds is 8. The maximum atomic E-state index is 12.2. The molecule has 1 aromatic carbocycles. The SMILES string of the molecule is CCCCNC(=O)c1cc(C(=O)NCCc2ccc(Cl)cc2)ccn1. The molecule has 0 radical (unpaired) electrons. The van der Waals surface area contributed by atoms with E-state index in [-0.39, 0.29) is 17.5 Å². The summed E-state index contributed by atoms with van der Waals surface area (Å²) in [4.78, 5) is 28.3. The lowest BCUT2D eigenvalue weighted by atomic mass is 10.1. The second-order valence-electron chi connectivity index (χ2n) is 5.67. The van der Waals surface area contributed by atoms with E-state index in [9.17, 15) is 9.59 Å². The monoisotopic (exact) mass is 359 g/mol. The van der Waals surface area contributed by atoms with E-state index in [4.69, 9.17) is 11.6 Å². The number of carbonyl (C=O) groups is 2. The van der Waals surface area contributed by atoms with Gasteiger partial charge in [0.15, 0.2) is 0 Å². The van der Waals surface area contributed by atoms with Crippen LogP contribution in [0.25, 0.3) is 0 Å². The number of hydrogen-bond donors (Lipinski definition) is 2. The molecule has 0 fully saturated rings. The van der Waals surface area contributed by atoms with Gasteiger partial charge in [-0.25, -0.2) is 0 Å². The number of halogens is 1. The molecule has 25 heavy (non-hydrogen) atoms. The first-order valence-electron chi connectivity index (χ1n) is 8.37. The smallest absolute Gasteiger partial charge is 0.269 e. The van der Waals surface area contributed by atoms with Crippen LogP contribution in [0.2, 0.25) is 5.02 Å². The van der Waals surface area contributed by atoms with Gasteiger partial charge in [0.2, 0.25) is 0 Å². The molecule has 2 rings (SSSR count). The molecule has 0 bridgehead atoms. The van der Waals surface area contributed by atoms with Gasteiger partial charge >= 0.3 is 0 Å². The molecule has 132 valence electrons. The van der Waals surface area contributed by atoms with Gasteiger partial charge in [-0.1, -0.05) is 37.1 Å². The summed E-state index contributed by atoms with van der Waals surface area (Å²) >= 11 is 5.85. The van der Waals surface area contributed by atoms with Crippen LogP contribution in [-0.2, 0) is 6.42 Å². The van der Waals surface area contributed by atoms with Crippen molar-refractivity contribution < 1.29 is 9.59 Å². The first-order chi connectivity index (χ1) is 12.1. The number of benzene rings is 1. The fourth-order valence-corrected chi connectivity index (χ4v) is 2.36. The Hall–Kier alpha value is -2.40. The van der Waals surface area contributed by atoms with E-state index in [1.807, 2.05) is 24.3 Å². The summed E-state index contributed by atoms with van der Waals surface area (Å²) in [6, 6.07) is 10.6. The van der Waals surface area contributed by atoms with Crippen LogP contribution in [0.1, 0.15) is 46.2 Å². The van der Waals surface area contributed by atoms with Crippen molar-refractivity contribution in [2.24, 2.45) is 0 Å². The zero-order valence-electron chi connectivity index (χ0n) is 14.2. The van der Waals surface area contributed by atoms with Crippen LogP contribution in [0.5, 0.6) is 0 Å². The molecule has 0 saturated carbocycles. The minimum Gasteiger partial charge on any atom is -0.352 e. The minimum atomic E-state index is -0.260. The van der Waals surface area contributed by atoms with Gasteiger partial charge in [0, 0.05) is 29.9 Å². The van der Waals surface area contributed by atoms with E-state index < -0.39 is 0 Å². The normalized spacial score (nSPS) is 10.3. The standard InChI is InChI=1S/C19H22ClN3O2/c1-2-3-10-22-19(25)17-13-15(9-12-21-17)18(24)23-11-8-14-4-6-16(20)7-5-14/h4-7,9,12-13H,2-3,8,10-11H2,1H3,(H,22,25)(H,23,24). The quantitative estimate of drug-likeness (QED) is 0.711. The maximum Gasteiger partial charge on any atom is 0.269 e. The maximum absolute atomic E-state index is 12.2. The topological polar surface area (TPSA) is 71.1 Å². The Morgan fingerprint density at radius 3 is 2.48 bits per heavy atom. The number of hydrogen-bond acceptors (Lipinski definition) is 3. The van der Waals surface area contributed by atoms with Crippen LogP contribution in [-0.4, -0.2) is 29.9 Å². The average Bonchev–Trinajstić information content (AvgIpc) is 2.63. The summed E-state index contributed by atoms with van der Waals surface area (Å²) in [7, 11) is 0. The summed E-state index contributed by atoms with van der Waals surface area (Å²) < 4.78 is 0. The van der Waals surface area contributed by atoms with Gasteiger partial charge in [0.05, 0.1) is 0 Å². The second kappa shape index (κ2) is 9.79. The van der Waals surface area contributed by atoms with Crippen molar-refractivity contribution in [3.63, 3.8) is 0 Å². The summed E-state index contributed by atoms with van der Waals surface area (Å²) in [5, 5.41) is 6.33. The number of aromatic nitrogens is 1. The van der Waals surface area contributed by atoms with Gasteiger partial charge in [-0.2, -0.15) is 0 Å². The average molecular weight is 360 g/mol. The minimum absolute atomic E-state index is 0.223. The Labute approximate surface area is 152 Å². The van der Waals surface area contributed by atoms with E-state index >= 15 is 0 Å². The Balaban J connectivity index is 1.87. The summed E-state index contributed by atoms with van der Waals surface area (Å²) in [5.74, 6) is -0.483. The van der Waals surface area contributed by atoms with Crippen molar-refractivity contribution in [3.8, 4) is 0 Å². The molecule has 5 nitrogen and oxygen atoms in total. The van der Waals surface area contributed by atoms with Crippen LogP contribution in [0, 0.1) is 0 Å². The molecule has 1 aromatic heterocycles. The van der Waals surface area contributed by atoms with Crippen molar-refractivity contribution in [3.05, 3.63) is 64.4 Å². The third-order valence-electron chi connectivity index (χ3n) is 3.68. The van der Waals surface area contributed by atoms with Gasteiger partial charge in [0.1, 0.15) is 5.69 Å². The number of unbranched alkanes of at least 4 members (excludes halogenated alkanes) is 1. The van der Waals surface area contributed by atoms with Crippen molar-refractivity contribution in [2.45, 2.75) is 26.2 Å². The molecule has 0 spiro atoms. The zero-order valence-corrected chi connectivity index (χ0v) is 15.0. The highest BCUT2D eigenvalue weighted by Gasteiger charge is 2.11. The van der Waals surface area contributed by atoms with Crippen LogP contribution in [0.15, 0.2) is 42.6 Å². The van der Waals surface area contributed by atoms with Gasteiger partial charge < -0.3 is 10.6 Å². The number of nitrogens with zero attached hydrogens (tertiary/aromatic N) is 1. The fourth-order valence-electron chi connectivity index (χ4n) is 2.24. The lowest BCUT2D eigenvalue weighted by Crippen LogP contribution is -2.28. The van der Waals surface area contributed by atoms with Gasteiger partial charge in [-0.3, -0.25) is 14.6 Å². The zero-order chi connectivity index (χ0) is 18.1. The van der Waals surface area contributed by atoms with Crippen molar-refractivity contribution in [1.29, 1.82) is 0 Å². The van der Waals surface area contributed by atoms with E-state index in [0.717, 1.165) is 18.4 Å². The van der Waals surface area contributed by atoms with Crippen LogP contribution < -0.4 is 10.6 Å². The third-order valence-corrected chi connectivity index (χ3v) is 3.94. The van der Waals surface area contributed by atoms with E-state index in [2.05, 4.69) is 22.5 Å². The van der Waals surface area contributed by atoms with Gasteiger partial charge in [0.25, 0.3) is 11.8 Å². The molecular formula is C19H22ClN3O2. The molecule has 0 unspecified atom stereocenters. The number of nitrogens with one attached hydrogen (secondary N) is 2. The predicted octanol–water partition coefficient (Wildman–Crippen LogP) is 3.24. The molecule has 6 heteroatoms. The molecule has 2 N–H and O–H groups in total. The highest BCUT2D eigenvalue weighted by molar-refractivity contribution is 6.30. The highest BCUT2D eigenvalue weighted by atomic mass is 35.5. The van der Waals surface area contributed by atoms with Crippen LogP contribution >= 0.6 is 11.6 Å². The first-order valence-corrected chi connectivity index (χ1v) is 8.75. The molecule has 1 heterocycles. The molecule has 0 aliphatic rings. The van der Waals surface area contributed by atoms with Crippen molar-refractivity contribution >= 4 is 23.4 Å². The molecule has 0 saturated heterocycles. The number of carbonyl (C=O) groups excluding carboxylic acids is 2. The Morgan fingerprint density at radius 2 is 1.76 bits per heavy atom. The Kier molecular flexibility index (Phi) is 7.41. The molecule has 2 aromatic rings. The second-order valence-corrected chi connectivity index (χ2v) is 6.11. The van der Waals surface area contributed by atoms with Gasteiger partial charge in [-0.15, -0.1) is 0 Å². The Morgan fingerprint density at radius 1 is 1.04 bits per heavy atom. The molecular weight excluding hydrogens is 338 g/mol. The molecule has 2 amide bonds. The van der Waals surface area contributed by atoms with E-state index in [1.165, 1.54) is 12.3 Å². The Bertz CT molecular complexity index is 717. The first kappa shape index (κ1) is 18.9. The van der Waals surface area contributed by atoms with Crippen LogP contribution in [0.4, 0.5) is 0 Å². The van der Waals surface area contributed by atoms with Gasteiger partial charge in [-0.05, 0) is 42.7 Å². The van der Waals surface area contributed by atoms with E-state index in [1.54, 1.807) is 6.07 Å². The summed E-state index contributed by atoms with van der Waals surface area (Å²) in [6.45, 7) is 3.16. The van der Waals surface area contributed by atoms with E-state index in [0.29, 0.717) is 30.1 Å². The largest absolute Gasteiger partial charge is 0.352 e. The lowest BCUT2D eigenvalue weighted by Gasteiger charge is -2.07. The molecule has 0 aliphatic heterocycles. The number of amides is 2. The summed E-state index contributed by atoms with van der Waals surface area (Å²) in [5.41, 5.74) is 1.77. The van der Waals surface area contributed by atoms with Crippen molar-refractivity contribution in [2.75, 3.05) is 13.1 Å². The fraction of sp³-hybridized carbons (Fsp3) is 0.316. The predicted molar refractivity (Wildman–Crippen MR) is 99.0 cm³/mol. The number of pyridine rings is 1. The molecule has 0 aliphatic carbocycles. The van der Waals surface area contributed by atoms with Crippen molar-refractivity contribution in [1.82, 2.24) is 15.6 Å². The highest BCUT2D eigenvalue weighted by Crippen LogP contribution is 2.09. The van der Waals surface area contributed by atoms with Crippen LogP contribution in [0.3, 0.4) is 0 Å². The lowest BCUT2D eigenvalue weighted by molar-refractivity contribution is 0.0948.